The molecule has 0 spiro atoms. The third kappa shape index (κ3) is 1.85. The average Bonchev–Trinajstić information content (AvgIpc) is 2.30. The smallest absolute Gasteiger partial charge is 0.0697 e. The molecular weight excluding hydrogens is 170 g/mol. The van der Waals surface area contributed by atoms with Crippen LogP contribution in [0.2, 0.25) is 0 Å². The molecule has 0 radical (unpaired) electrons. The summed E-state index contributed by atoms with van der Waals surface area (Å²) in [7, 11) is 0. The predicted octanol–water partition coefficient (Wildman–Crippen LogP) is 3.26. The van der Waals surface area contributed by atoms with E-state index in [1.54, 1.807) is 0 Å². The second kappa shape index (κ2) is 4.11. The molecule has 1 nitrogen and oxygen atoms in total. The predicted molar refractivity (Wildman–Crippen MR) is 56.7 cm³/mol. The van der Waals surface area contributed by atoms with Crippen LogP contribution in [-0.4, -0.2) is 0 Å². The van der Waals surface area contributed by atoms with E-state index in [1.165, 1.54) is 5.56 Å². The number of nitrogens with zero attached hydrogens (tertiary/aromatic N) is 1. The zero-order chi connectivity index (χ0) is 9.80. The maximum absolute atomic E-state index is 8.85. The average molecular weight is 183 g/mol. The van der Waals surface area contributed by atoms with Crippen LogP contribution in [0.5, 0.6) is 0 Å². The minimum atomic E-state index is 0.106. The lowest BCUT2D eigenvalue weighted by Gasteiger charge is -2.20. The fourth-order valence-corrected chi connectivity index (χ4v) is 1.98. The number of allylic oxidation sites excluding steroid dienone is 2. The minimum absolute atomic E-state index is 0.106. The molecule has 1 aromatic rings. The highest BCUT2D eigenvalue weighted by molar-refractivity contribution is 5.23. The van der Waals surface area contributed by atoms with Crippen molar-refractivity contribution in [1.29, 1.82) is 5.26 Å². The Bertz CT molecular complexity index is 359. The van der Waals surface area contributed by atoms with E-state index >= 15 is 0 Å². The molecule has 0 aliphatic heterocycles. The summed E-state index contributed by atoms with van der Waals surface area (Å²) < 4.78 is 0. The standard InChI is InChI=1S/C13H13N/c14-10-11-5-4-8-13(9-11)12-6-2-1-3-7-12/h1-7,11,13H,8-9H2/t11-,13-/m0/s1. The van der Waals surface area contributed by atoms with Crippen molar-refractivity contribution in [2.75, 3.05) is 0 Å². The van der Waals surface area contributed by atoms with Gasteiger partial charge < -0.3 is 0 Å². The van der Waals surface area contributed by atoms with Gasteiger partial charge >= 0.3 is 0 Å². The molecule has 14 heavy (non-hydrogen) atoms. The Kier molecular flexibility index (Phi) is 2.65. The molecule has 0 fully saturated rings. The van der Waals surface area contributed by atoms with Gasteiger partial charge in [0.15, 0.2) is 0 Å². The summed E-state index contributed by atoms with van der Waals surface area (Å²) >= 11 is 0. The fraction of sp³-hybridized carbons (Fsp3) is 0.308. The van der Waals surface area contributed by atoms with Crippen molar-refractivity contribution in [2.45, 2.75) is 18.8 Å². The SMILES string of the molecule is N#C[C@H]1C=CC[C@H](c2ccccc2)C1. The maximum Gasteiger partial charge on any atom is 0.0697 e. The number of hydrogen-bond donors (Lipinski definition) is 0. The molecule has 0 heterocycles. The van der Waals surface area contributed by atoms with Gasteiger partial charge in [-0.1, -0.05) is 42.5 Å². The molecule has 1 aliphatic carbocycles. The van der Waals surface area contributed by atoms with E-state index in [4.69, 9.17) is 5.26 Å². The molecule has 0 unspecified atom stereocenters. The lowest BCUT2D eigenvalue weighted by Crippen LogP contribution is -2.08. The summed E-state index contributed by atoms with van der Waals surface area (Å²) in [4.78, 5) is 0. The van der Waals surface area contributed by atoms with Crippen molar-refractivity contribution in [3.63, 3.8) is 0 Å². The van der Waals surface area contributed by atoms with Crippen LogP contribution in [-0.2, 0) is 0 Å². The summed E-state index contributed by atoms with van der Waals surface area (Å²) in [6, 6.07) is 12.8. The first-order chi connectivity index (χ1) is 6.90. The van der Waals surface area contributed by atoms with Gasteiger partial charge in [-0.2, -0.15) is 5.26 Å². The van der Waals surface area contributed by atoms with Crippen LogP contribution < -0.4 is 0 Å². The van der Waals surface area contributed by atoms with E-state index in [9.17, 15) is 0 Å². The van der Waals surface area contributed by atoms with Crippen LogP contribution in [0.25, 0.3) is 0 Å². The largest absolute Gasteiger partial charge is 0.198 e. The van der Waals surface area contributed by atoms with Crippen molar-refractivity contribution in [3.8, 4) is 6.07 Å². The van der Waals surface area contributed by atoms with Gasteiger partial charge in [-0.3, -0.25) is 0 Å². The Morgan fingerprint density at radius 3 is 2.71 bits per heavy atom. The molecule has 2 rings (SSSR count). The fourth-order valence-electron chi connectivity index (χ4n) is 1.98. The summed E-state index contributed by atoms with van der Waals surface area (Å²) in [6.45, 7) is 0. The van der Waals surface area contributed by atoms with Crippen LogP contribution in [0.4, 0.5) is 0 Å². The summed E-state index contributed by atoms with van der Waals surface area (Å²) in [5, 5.41) is 8.85. The topological polar surface area (TPSA) is 23.8 Å². The van der Waals surface area contributed by atoms with Gasteiger partial charge in [0.05, 0.1) is 12.0 Å². The molecule has 0 aromatic heterocycles. The molecular formula is C13H13N. The Morgan fingerprint density at radius 1 is 1.21 bits per heavy atom. The van der Waals surface area contributed by atoms with Gasteiger partial charge in [0, 0.05) is 0 Å². The van der Waals surface area contributed by atoms with E-state index in [0.29, 0.717) is 5.92 Å². The number of hydrogen-bond acceptors (Lipinski definition) is 1. The molecule has 0 bridgehead atoms. The first-order valence-corrected chi connectivity index (χ1v) is 5.01. The van der Waals surface area contributed by atoms with Gasteiger partial charge in [-0.05, 0) is 24.3 Å². The van der Waals surface area contributed by atoms with Gasteiger partial charge in [0.1, 0.15) is 0 Å². The van der Waals surface area contributed by atoms with Crippen LogP contribution in [0, 0.1) is 17.2 Å². The van der Waals surface area contributed by atoms with E-state index in [0.717, 1.165) is 12.8 Å². The molecule has 0 saturated carbocycles. The molecule has 1 heteroatoms. The van der Waals surface area contributed by atoms with Crippen LogP contribution >= 0.6 is 0 Å². The summed E-state index contributed by atoms with van der Waals surface area (Å²) in [5.41, 5.74) is 1.36. The van der Waals surface area contributed by atoms with Gasteiger partial charge in [-0.15, -0.1) is 0 Å². The number of benzene rings is 1. The molecule has 0 amide bonds. The molecule has 2 atom stereocenters. The van der Waals surface area contributed by atoms with Gasteiger partial charge in [0.2, 0.25) is 0 Å². The van der Waals surface area contributed by atoms with Crippen molar-refractivity contribution in [2.24, 2.45) is 5.92 Å². The third-order valence-electron chi connectivity index (χ3n) is 2.76. The first-order valence-electron chi connectivity index (χ1n) is 5.01. The Balaban J connectivity index is 2.15. The van der Waals surface area contributed by atoms with E-state index in [1.807, 2.05) is 12.1 Å². The van der Waals surface area contributed by atoms with Gasteiger partial charge in [-0.25, -0.2) is 0 Å². The maximum atomic E-state index is 8.85. The first kappa shape index (κ1) is 9.02. The lowest BCUT2D eigenvalue weighted by atomic mass is 9.83. The van der Waals surface area contributed by atoms with Crippen LogP contribution in [0.1, 0.15) is 24.3 Å². The summed E-state index contributed by atoms with van der Waals surface area (Å²) in [6.07, 6.45) is 6.20. The molecule has 1 aromatic carbocycles. The Morgan fingerprint density at radius 2 is 2.00 bits per heavy atom. The number of nitriles is 1. The lowest BCUT2D eigenvalue weighted by molar-refractivity contribution is 0.554. The van der Waals surface area contributed by atoms with E-state index < -0.39 is 0 Å². The highest BCUT2D eigenvalue weighted by Gasteiger charge is 2.18. The second-order valence-corrected chi connectivity index (χ2v) is 3.74. The van der Waals surface area contributed by atoms with Crippen molar-refractivity contribution < 1.29 is 0 Å². The monoisotopic (exact) mass is 183 g/mol. The summed E-state index contributed by atoms with van der Waals surface area (Å²) in [5.74, 6) is 0.639. The van der Waals surface area contributed by atoms with E-state index in [-0.39, 0.29) is 5.92 Å². The molecule has 0 N–H and O–H groups in total. The van der Waals surface area contributed by atoms with Gasteiger partial charge in [0.25, 0.3) is 0 Å². The van der Waals surface area contributed by atoms with Crippen molar-refractivity contribution in [3.05, 3.63) is 48.0 Å². The molecule has 1 aliphatic rings. The van der Waals surface area contributed by atoms with Crippen molar-refractivity contribution >= 4 is 0 Å². The van der Waals surface area contributed by atoms with Crippen molar-refractivity contribution in [1.82, 2.24) is 0 Å². The Labute approximate surface area is 84.7 Å². The third-order valence-corrected chi connectivity index (χ3v) is 2.76. The minimum Gasteiger partial charge on any atom is -0.198 e. The second-order valence-electron chi connectivity index (χ2n) is 3.74. The number of rotatable bonds is 1. The van der Waals surface area contributed by atoms with Crippen LogP contribution in [0.15, 0.2) is 42.5 Å². The Hall–Kier alpha value is -1.55. The molecule has 70 valence electrons. The normalized spacial score (nSPS) is 25.6. The highest BCUT2D eigenvalue weighted by Crippen LogP contribution is 2.31. The zero-order valence-electron chi connectivity index (χ0n) is 8.06. The highest BCUT2D eigenvalue weighted by atomic mass is 14.3. The van der Waals surface area contributed by atoms with Crippen LogP contribution in [0.3, 0.4) is 0 Å². The zero-order valence-corrected chi connectivity index (χ0v) is 8.06. The van der Waals surface area contributed by atoms with E-state index in [2.05, 4.69) is 36.4 Å². The molecule has 0 saturated heterocycles. The quantitative estimate of drug-likeness (QED) is 0.613.